The minimum atomic E-state index is 0.00307. The first-order valence-electron chi connectivity index (χ1n) is 7.63. The monoisotopic (exact) mass is 278 g/mol. The molecule has 0 bridgehead atoms. The second-order valence-corrected chi connectivity index (χ2v) is 5.75. The number of aromatic nitrogens is 1. The predicted octanol–water partition coefficient (Wildman–Crippen LogP) is 2.32. The molecule has 1 heterocycles. The molecule has 0 spiro atoms. The van der Waals surface area contributed by atoms with Crippen molar-refractivity contribution in [1.29, 1.82) is 0 Å². The minimum absolute atomic E-state index is 0.00307. The normalized spacial score (nSPS) is 16.4. The highest BCUT2D eigenvalue weighted by atomic mass is 16.3. The molecule has 1 fully saturated rings. The van der Waals surface area contributed by atoms with Crippen molar-refractivity contribution in [2.75, 3.05) is 18.1 Å². The average molecular weight is 278 g/mol. The molecular formula is C16H26N2O2. The molecule has 0 aliphatic heterocycles. The van der Waals surface area contributed by atoms with Crippen LogP contribution in [0.3, 0.4) is 0 Å². The van der Waals surface area contributed by atoms with Gasteiger partial charge in [0.05, 0.1) is 13.2 Å². The fourth-order valence-corrected chi connectivity index (χ4v) is 3.24. The predicted molar refractivity (Wildman–Crippen MR) is 80.9 cm³/mol. The molecule has 0 aromatic carbocycles. The molecule has 0 unspecified atom stereocenters. The second-order valence-electron chi connectivity index (χ2n) is 5.75. The maximum Gasteiger partial charge on any atom is 0.134 e. The summed E-state index contributed by atoms with van der Waals surface area (Å²) in [4.78, 5) is 6.87. The van der Waals surface area contributed by atoms with Gasteiger partial charge in [0.2, 0.25) is 0 Å². The number of aliphatic hydroxyl groups excluding tert-OH is 2. The van der Waals surface area contributed by atoms with Crippen LogP contribution in [0.4, 0.5) is 5.82 Å². The van der Waals surface area contributed by atoms with Gasteiger partial charge in [-0.2, -0.15) is 0 Å². The van der Waals surface area contributed by atoms with Gasteiger partial charge in [0, 0.05) is 23.8 Å². The zero-order valence-electron chi connectivity index (χ0n) is 12.6. The first kappa shape index (κ1) is 15.3. The third kappa shape index (κ3) is 3.30. The van der Waals surface area contributed by atoms with Crippen LogP contribution in [0.2, 0.25) is 0 Å². The summed E-state index contributed by atoms with van der Waals surface area (Å²) in [5.74, 6) is 0.867. The smallest absolute Gasteiger partial charge is 0.134 e. The number of hydrogen-bond acceptors (Lipinski definition) is 4. The second kappa shape index (κ2) is 7.04. The Balaban J connectivity index is 2.37. The van der Waals surface area contributed by atoms with Crippen LogP contribution in [-0.4, -0.2) is 34.4 Å². The van der Waals surface area contributed by atoms with Crippen molar-refractivity contribution in [3.63, 3.8) is 0 Å². The first-order valence-corrected chi connectivity index (χ1v) is 7.63. The van der Waals surface area contributed by atoms with E-state index in [9.17, 15) is 10.2 Å². The van der Waals surface area contributed by atoms with E-state index in [1.54, 1.807) is 0 Å². The standard InChI is InChI=1S/C16H26N2O2/c1-12-10-13(2)17-16(15(12)11-20)18(8-9-19)14-6-4-3-5-7-14/h10,14,19-20H,3-9,11H2,1-2H3. The quantitative estimate of drug-likeness (QED) is 0.868. The fraction of sp³-hybridized carbons (Fsp3) is 0.688. The molecule has 1 saturated carbocycles. The van der Waals surface area contributed by atoms with Gasteiger partial charge in [-0.3, -0.25) is 0 Å². The summed E-state index contributed by atoms with van der Waals surface area (Å²) in [5, 5.41) is 19.1. The minimum Gasteiger partial charge on any atom is -0.395 e. The van der Waals surface area contributed by atoms with Crippen molar-refractivity contribution < 1.29 is 10.2 Å². The Hall–Kier alpha value is -1.13. The summed E-state index contributed by atoms with van der Waals surface area (Å²) in [6.07, 6.45) is 6.09. The largest absolute Gasteiger partial charge is 0.395 e. The molecule has 1 aliphatic rings. The molecule has 1 aromatic rings. The third-order valence-corrected chi connectivity index (χ3v) is 4.24. The summed E-state index contributed by atoms with van der Waals surface area (Å²) in [5.41, 5.74) is 2.94. The number of aryl methyl sites for hydroxylation is 2. The lowest BCUT2D eigenvalue weighted by Gasteiger charge is -2.36. The molecule has 2 rings (SSSR count). The Bertz CT molecular complexity index is 442. The molecule has 20 heavy (non-hydrogen) atoms. The number of nitrogens with zero attached hydrogens (tertiary/aromatic N) is 2. The third-order valence-electron chi connectivity index (χ3n) is 4.24. The van der Waals surface area contributed by atoms with Gasteiger partial charge in [-0.1, -0.05) is 19.3 Å². The SMILES string of the molecule is Cc1cc(C)c(CO)c(N(CCO)C2CCCCC2)n1. The van der Waals surface area contributed by atoms with Crippen LogP contribution in [0.1, 0.15) is 48.9 Å². The Labute approximate surface area is 121 Å². The van der Waals surface area contributed by atoms with Gasteiger partial charge >= 0.3 is 0 Å². The van der Waals surface area contributed by atoms with E-state index in [1.807, 2.05) is 19.9 Å². The summed E-state index contributed by atoms with van der Waals surface area (Å²) < 4.78 is 0. The molecule has 1 aromatic heterocycles. The van der Waals surface area contributed by atoms with Gasteiger partial charge in [-0.25, -0.2) is 4.98 Å². The van der Waals surface area contributed by atoms with Crippen molar-refractivity contribution in [2.45, 2.75) is 58.6 Å². The topological polar surface area (TPSA) is 56.6 Å². The van der Waals surface area contributed by atoms with Gasteiger partial charge in [0.25, 0.3) is 0 Å². The molecular weight excluding hydrogens is 252 g/mol. The van der Waals surface area contributed by atoms with Crippen molar-refractivity contribution in [3.05, 3.63) is 22.9 Å². The van der Waals surface area contributed by atoms with Crippen molar-refractivity contribution in [3.8, 4) is 0 Å². The van der Waals surface area contributed by atoms with E-state index in [-0.39, 0.29) is 13.2 Å². The lowest BCUT2D eigenvalue weighted by Crippen LogP contribution is -2.40. The number of pyridine rings is 1. The maximum atomic E-state index is 9.68. The zero-order chi connectivity index (χ0) is 14.5. The lowest BCUT2D eigenvalue weighted by atomic mass is 9.93. The molecule has 4 nitrogen and oxygen atoms in total. The van der Waals surface area contributed by atoms with E-state index >= 15 is 0 Å². The van der Waals surface area contributed by atoms with E-state index in [2.05, 4.69) is 9.88 Å². The van der Waals surface area contributed by atoms with Crippen LogP contribution >= 0.6 is 0 Å². The van der Waals surface area contributed by atoms with E-state index in [0.717, 1.165) is 35.5 Å². The van der Waals surface area contributed by atoms with Gasteiger partial charge in [0.1, 0.15) is 5.82 Å². The van der Waals surface area contributed by atoms with Crippen molar-refractivity contribution in [2.24, 2.45) is 0 Å². The number of anilines is 1. The van der Waals surface area contributed by atoms with E-state index < -0.39 is 0 Å². The molecule has 0 atom stereocenters. The highest BCUT2D eigenvalue weighted by Crippen LogP contribution is 2.30. The average Bonchev–Trinajstić information content (AvgIpc) is 2.45. The Morgan fingerprint density at radius 1 is 1.20 bits per heavy atom. The van der Waals surface area contributed by atoms with Crippen LogP contribution < -0.4 is 4.90 Å². The van der Waals surface area contributed by atoms with Crippen molar-refractivity contribution in [1.82, 2.24) is 4.98 Å². The highest BCUT2D eigenvalue weighted by Gasteiger charge is 2.24. The van der Waals surface area contributed by atoms with Crippen LogP contribution in [0.15, 0.2) is 6.07 Å². The van der Waals surface area contributed by atoms with Crippen LogP contribution in [0, 0.1) is 13.8 Å². The van der Waals surface area contributed by atoms with Crippen LogP contribution in [-0.2, 0) is 6.61 Å². The van der Waals surface area contributed by atoms with E-state index in [4.69, 9.17) is 0 Å². The number of hydrogen-bond donors (Lipinski definition) is 2. The molecule has 4 heteroatoms. The van der Waals surface area contributed by atoms with Gasteiger partial charge in [0.15, 0.2) is 0 Å². The van der Waals surface area contributed by atoms with Crippen LogP contribution in [0.5, 0.6) is 0 Å². The van der Waals surface area contributed by atoms with Gasteiger partial charge in [-0.05, 0) is 38.3 Å². The van der Waals surface area contributed by atoms with Gasteiger partial charge < -0.3 is 15.1 Å². The van der Waals surface area contributed by atoms with E-state index in [0.29, 0.717) is 12.6 Å². The highest BCUT2D eigenvalue weighted by molar-refractivity contribution is 5.52. The van der Waals surface area contributed by atoms with E-state index in [1.165, 1.54) is 19.3 Å². The molecule has 112 valence electrons. The first-order chi connectivity index (χ1) is 9.67. The molecule has 0 saturated heterocycles. The maximum absolute atomic E-state index is 9.68. The summed E-state index contributed by atoms with van der Waals surface area (Å²) in [6.45, 7) is 4.71. The Morgan fingerprint density at radius 3 is 2.50 bits per heavy atom. The van der Waals surface area contributed by atoms with Crippen LogP contribution in [0.25, 0.3) is 0 Å². The summed E-state index contributed by atoms with van der Waals surface area (Å²) in [7, 11) is 0. The van der Waals surface area contributed by atoms with Crippen molar-refractivity contribution >= 4 is 5.82 Å². The fourth-order valence-electron chi connectivity index (χ4n) is 3.24. The Kier molecular flexibility index (Phi) is 5.38. The molecule has 0 amide bonds. The lowest BCUT2D eigenvalue weighted by molar-refractivity contribution is 0.275. The summed E-state index contributed by atoms with van der Waals surface area (Å²) in [6, 6.07) is 2.45. The summed E-state index contributed by atoms with van der Waals surface area (Å²) >= 11 is 0. The number of aliphatic hydroxyl groups is 2. The van der Waals surface area contributed by atoms with Gasteiger partial charge in [-0.15, -0.1) is 0 Å². The number of rotatable bonds is 5. The molecule has 1 aliphatic carbocycles. The zero-order valence-corrected chi connectivity index (χ0v) is 12.6. The Morgan fingerprint density at radius 2 is 1.90 bits per heavy atom. The molecule has 2 N–H and O–H groups in total. The molecule has 0 radical (unpaired) electrons.